The molecule has 5 heteroatoms. The number of rotatable bonds is 3. The van der Waals surface area contributed by atoms with Gasteiger partial charge in [0, 0.05) is 55.8 Å². The average Bonchev–Trinajstić information content (AvgIpc) is 3.02. The normalized spacial score (nSPS) is 30.2. The standard InChI is InChI=1S/C20H30N4O/c1-4-24(5-2)20(25)22-14-10-16-15-7-6-8-17-19(15)13(11-21-17)9-18(16)23(3)12-14/h6-8,13-14,16,18,21H,4-5,9-12H2,1-3H3,(H,22,25)/t13?,14-,16?,18+/m0/s1. The van der Waals surface area contributed by atoms with Crippen molar-refractivity contribution in [2.45, 2.75) is 50.6 Å². The number of anilines is 1. The Bertz CT molecular complexity index is 657. The summed E-state index contributed by atoms with van der Waals surface area (Å²) in [5.41, 5.74) is 4.39. The molecule has 1 aliphatic carbocycles. The number of carbonyl (C=O) groups excluding carboxylic acids is 1. The number of hydrogen-bond donors (Lipinski definition) is 2. The maximum absolute atomic E-state index is 12.5. The predicted octanol–water partition coefficient (Wildman–Crippen LogP) is 2.81. The zero-order valence-corrected chi connectivity index (χ0v) is 15.6. The molecule has 1 aromatic carbocycles. The van der Waals surface area contributed by atoms with Gasteiger partial charge in [-0.15, -0.1) is 0 Å². The molecule has 3 aliphatic rings. The van der Waals surface area contributed by atoms with Crippen LogP contribution in [0, 0.1) is 0 Å². The number of amides is 2. The Labute approximate surface area is 150 Å². The number of benzene rings is 1. The van der Waals surface area contributed by atoms with Crippen LogP contribution in [0.4, 0.5) is 10.5 Å². The van der Waals surface area contributed by atoms with Crippen LogP contribution in [-0.2, 0) is 0 Å². The fourth-order valence-corrected chi connectivity index (χ4v) is 5.23. The molecule has 136 valence electrons. The molecule has 5 nitrogen and oxygen atoms in total. The van der Waals surface area contributed by atoms with Crippen molar-refractivity contribution in [1.82, 2.24) is 15.1 Å². The highest BCUT2D eigenvalue weighted by molar-refractivity contribution is 5.74. The zero-order valence-electron chi connectivity index (χ0n) is 15.6. The van der Waals surface area contributed by atoms with E-state index in [1.807, 2.05) is 18.7 Å². The molecule has 4 rings (SSSR count). The van der Waals surface area contributed by atoms with Gasteiger partial charge in [-0.2, -0.15) is 0 Å². The Morgan fingerprint density at radius 3 is 2.88 bits per heavy atom. The minimum atomic E-state index is 0.0792. The largest absolute Gasteiger partial charge is 0.384 e. The van der Waals surface area contributed by atoms with Crippen LogP contribution in [0.25, 0.3) is 0 Å². The molecular weight excluding hydrogens is 312 g/mol. The summed E-state index contributed by atoms with van der Waals surface area (Å²) in [6, 6.07) is 7.61. The maximum atomic E-state index is 12.5. The molecular formula is C20H30N4O. The molecule has 2 amide bonds. The Morgan fingerprint density at radius 1 is 1.32 bits per heavy atom. The average molecular weight is 342 g/mol. The first kappa shape index (κ1) is 16.7. The summed E-state index contributed by atoms with van der Waals surface area (Å²) in [4.78, 5) is 16.8. The third kappa shape index (κ3) is 2.78. The summed E-state index contributed by atoms with van der Waals surface area (Å²) in [5, 5.41) is 6.87. The molecule has 2 aliphatic heterocycles. The smallest absolute Gasteiger partial charge is 0.317 e. The van der Waals surface area contributed by atoms with Crippen molar-refractivity contribution in [2.24, 2.45) is 0 Å². The quantitative estimate of drug-likeness (QED) is 0.888. The third-order valence-corrected chi connectivity index (χ3v) is 6.47. The molecule has 25 heavy (non-hydrogen) atoms. The first-order chi connectivity index (χ1) is 12.1. The van der Waals surface area contributed by atoms with Gasteiger partial charge in [0.25, 0.3) is 0 Å². The van der Waals surface area contributed by atoms with Crippen LogP contribution in [0.3, 0.4) is 0 Å². The molecule has 1 aromatic rings. The highest BCUT2D eigenvalue weighted by atomic mass is 16.2. The van der Waals surface area contributed by atoms with E-state index in [4.69, 9.17) is 0 Å². The van der Waals surface area contributed by atoms with Crippen molar-refractivity contribution in [3.8, 4) is 0 Å². The van der Waals surface area contributed by atoms with Crippen molar-refractivity contribution in [2.75, 3.05) is 38.5 Å². The van der Waals surface area contributed by atoms with E-state index in [1.54, 1.807) is 5.56 Å². The van der Waals surface area contributed by atoms with Crippen molar-refractivity contribution >= 4 is 11.7 Å². The van der Waals surface area contributed by atoms with Gasteiger partial charge in [-0.3, -0.25) is 0 Å². The molecule has 0 radical (unpaired) electrons. The number of piperidine rings is 1. The van der Waals surface area contributed by atoms with Crippen LogP contribution in [0.15, 0.2) is 18.2 Å². The minimum absolute atomic E-state index is 0.0792. The molecule has 0 aromatic heterocycles. The van der Waals surface area contributed by atoms with Gasteiger partial charge in [0.2, 0.25) is 0 Å². The van der Waals surface area contributed by atoms with E-state index in [9.17, 15) is 4.79 Å². The van der Waals surface area contributed by atoms with E-state index >= 15 is 0 Å². The lowest BCUT2D eigenvalue weighted by atomic mass is 9.70. The van der Waals surface area contributed by atoms with Gasteiger partial charge in [-0.25, -0.2) is 4.79 Å². The summed E-state index contributed by atoms with van der Waals surface area (Å²) in [5.74, 6) is 1.17. The van der Waals surface area contributed by atoms with Crippen LogP contribution in [0.1, 0.15) is 49.7 Å². The summed E-state index contributed by atoms with van der Waals surface area (Å²) in [6.07, 6.45) is 2.28. The van der Waals surface area contributed by atoms with E-state index in [0.29, 0.717) is 17.9 Å². The van der Waals surface area contributed by atoms with Crippen LogP contribution in [0.2, 0.25) is 0 Å². The first-order valence-electron chi connectivity index (χ1n) is 9.74. The predicted molar refractivity (Wildman–Crippen MR) is 101 cm³/mol. The minimum Gasteiger partial charge on any atom is -0.384 e. The molecule has 2 unspecified atom stereocenters. The van der Waals surface area contributed by atoms with Crippen LogP contribution < -0.4 is 10.6 Å². The number of likely N-dealkylation sites (N-methyl/N-ethyl adjacent to an activating group) is 1. The zero-order chi connectivity index (χ0) is 17.6. The maximum Gasteiger partial charge on any atom is 0.317 e. The SMILES string of the molecule is CCN(CC)C(=O)N[C@H]1CC2c3cccc4c3C(CN4)C[C@H]2N(C)C1. The Kier molecular flexibility index (Phi) is 4.36. The van der Waals surface area contributed by atoms with Crippen molar-refractivity contribution in [1.29, 1.82) is 0 Å². The lowest BCUT2D eigenvalue weighted by molar-refractivity contribution is 0.108. The molecule has 0 saturated carbocycles. The summed E-state index contributed by atoms with van der Waals surface area (Å²) in [7, 11) is 2.23. The molecule has 0 spiro atoms. The Morgan fingerprint density at radius 2 is 2.12 bits per heavy atom. The van der Waals surface area contributed by atoms with Crippen molar-refractivity contribution < 1.29 is 4.79 Å². The lowest BCUT2D eigenvalue weighted by Gasteiger charge is -2.47. The summed E-state index contributed by atoms with van der Waals surface area (Å²) in [6.45, 7) is 7.61. The van der Waals surface area contributed by atoms with Crippen LogP contribution in [0.5, 0.6) is 0 Å². The number of carbonyl (C=O) groups is 1. The molecule has 1 saturated heterocycles. The number of nitrogens with one attached hydrogen (secondary N) is 2. The topological polar surface area (TPSA) is 47.6 Å². The van der Waals surface area contributed by atoms with Gasteiger partial charge in [0.15, 0.2) is 0 Å². The Hall–Kier alpha value is -1.75. The highest BCUT2D eigenvalue weighted by Crippen LogP contribution is 2.49. The van der Waals surface area contributed by atoms with Gasteiger partial charge < -0.3 is 20.4 Å². The van der Waals surface area contributed by atoms with E-state index in [0.717, 1.165) is 32.6 Å². The number of urea groups is 1. The second-order valence-electron chi connectivity index (χ2n) is 7.79. The van der Waals surface area contributed by atoms with E-state index < -0.39 is 0 Å². The monoisotopic (exact) mass is 342 g/mol. The molecule has 4 atom stereocenters. The van der Waals surface area contributed by atoms with Gasteiger partial charge >= 0.3 is 6.03 Å². The fourth-order valence-electron chi connectivity index (χ4n) is 5.23. The van der Waals surface area contributed by atoms with Gasteiger partial charge in [0.1, 0.15) is 0 Å². The molecule has 1 fully saturated rings. The van der Waals surface area contributed by atoms with Gasteiger partial charge in [-0.1, -0.05) is 12.1 Å². The van der Waals surface area contributed by atoms with Crippen LogP contribution in [-0.4, -0.2) is 61.1 Å². The number of likely N-dealkylation sites (tertiary alicyclic amines) is 1. The number of hydrogen-bond acceptors (Lipinski definition) is 3. The van der Waals surface area contributed by atoms with Gasteiger partial charge in [-0.05, 0) is 50.9 Å². The highest BCUT2D eigenvalue weighted by Gasteiger charge is 2.44. The lowest BCUT2D eigenvalue weighted by Crippen LogP contribution is -2.56. The van der Waals surface area contributed by atoms with Gasteiger partial charge in [0.05, 0.1) is 0 Å². The number of nitrogens with zero attached hydrogens (tertiary/aromatic N) is 2. The Balaban J connectivity index is 1.56. The van der Waals surface area contributed by atoms with E-state index in [2.05, 4.69) is 40.8 Å². The summed E-state index contributed by atoms with van der Waals surface area (Å²) < 4.78 is 0. The van der Waals surface area contributed by atoms with E-state index in [-0.39, 0.29) is 12.1 Å². The third-order valence-electron chi connectivity index (χ3n) is 6.47. The molecule has 2 N–H and O–H groups in total. The van der Waals surface area contributed by atoms with Crippen molar-refractivity contribution in [3.63, 3.8) is 0 Å². The second kappa shape index (κ2) is 6.52. The van der Waals surface area contributed by atoms with Crippen LogP contribution >= 0.6 is 0 Å². The number of fused-ring (bicyclic) bond motifs is 2. The molecule has 0 bridgehead atoms. The first-order valence-corrected chi connectivity index (χ1v) is 9.74. The van der Waals surface area contributed by atoms with E-state index in [1.165, 1.54) is 17.7 Å². The second-order valence-corrected chi connectivity index (χ2v) is 7.79. The van der Waals surface area contributed by atoms with Crippen molar-refractivity contribution in [3.05, 3.63) is 29.3 Å². The molecule has 2 heterocycles. The summed E-state index contributed by atoms with van der Waals surface area (Å²) >= 11 is 0. The fraction of sp³-hybridized carbons (Fsp3) is 0.650.